The molecule has 0 unspecified atom stereocenters. The van der Waals surface area contributed by atoms with Crippen LogP contribution >= 0.6 is 0 Å². The van der Waals surface area contributed by atoms with Crippen LogP contribution in [0.4, 0.5) is 0 Å². The second-order valence-electron chi connectivity index (χ2n) is 9.54. The van der Waals surface area contributed by atoms with Crippen molar-refractivity contribution >= 4 is 11.6 Å². The first-order valence-corrected chi connectivity index (χ1v) is 13.2. The summed E-state index contributed by atoms with van der Waals surface area (Å²) >= 11 is 0. The van der Waals surface area contributed by atoms with E-state index >= 15 is 0 Å². The van der Waals surface area contributed by atoms with Gasteiger partial charge >= 0.3 is 0 Å². The van der Waals surface area contributed by atoms with Crippen molar-refractivity contribution in [1.82, 2.24) is 0 Å². The number of rotatable bonds is 20. The van der Waals surface area contributed by atoms with Crippen molar-refractivity contribution < 1.29 is 9.59 Å². The number of unbranched alkanes of at least 4 members (excludes halogenated alkanes) is 13. The Labute approximate surface area is 192 Å². The Kier molecular flexibility index (Phi) is 16.2. The standard InChI is InChI=1S/C29H48O2/c1-4-5-19-28(30)20-17-15-13-11-9-7-6-8-10-12-14-16-18-21-29(31)27-23-25(2)22-26(3)24-27/h22-24H,4-21H2,1-3H3. The highest BCUT2D eigenvalue weighted by atomic mass is 16.1. The van der Waals surface area contributed by atoms with E-state index in [9.17, 15) is 9.59 Å². The Bertz CT molecular complexity index is 597. The smallest absolute Gasteiger partial charge is 0.162 e. The molecule has 1 aromatic rings. The molecule has 176 valence electrons. The zero-order chi connectivity index (χ0) is 22.7. The fourth-order valence-electron chi connectivity index (χ4n) is 4.33. The molecule has 0 radical (unpaired) electrons. The molecule has 0 fully saturated rings. The highest BCUT2D eigenvalue weighted by Gasteiger charge is 2.06. The molecule has 0 heterocycles. The van der Waals surface area contributed by atoms with Crippen LogP contribution in [-0.2, 0) is 4.79 Å². The minimum absolute atomic E-state index is 0.301. The van der Waals surface area contributed by atoms with Gasteiger partial charge in [-0.3, -0.25) is 9.59 Å². The van der Waals surface area contributed by atoms with Crippen LogP contribution < -0.4 is 0 Å². The first kappa shape index (κ1) is 27.6. The molecule has 0 aromatic heterocycles. The van der Waals surface area contributed by atoms with E-state index in [2.05, 4.69) is 26.8 Å². The monoisotopic (exact) mass is 428 g/mol. The van der Waals surface area contributed by atoms with Gasteiger partial charge in [-0.15, -0.1) is 0 Å². The van der Waals surface area contributed by atoms with Crippen molar-refractivity contribution in [3.05, 3.63) is 34.9 Å². The number of Topliss-reactive ketones (excluding diaryl/α,β-unsaturated/α-hetero) is 2. The lowest BCUT2D eigenvalue weighted by Crippen LogP contribution is -2.00. The summed E-state index contributed by atoms with van der Waals surface area (Å²) in [6.07, 6.45) is 21.0. The number of hydrogen-bond acceptors (Lipinski definition) is 2. The average molecular weight is 429 g/mol. The van der Waals surface area contributed by atoms with Crippen LogP contribution in [0.3, 0.4) is 0 Å². The van der Waals surface area contributed by atoms with Gasteiger partial charge in [0.1, 0.15) is 5.78 Å². The molecule has 0 atom stereocenters. The molecule has 2 heteroatoms. The van der Waals surface area contributed by atoms with Crippen LogP contribution in [0.5, 0.6) is 0 Å². The van der Waals surface area contributed by atoms with Gasteiger partial charge in [-0.2, -0.15) is 0 Å². The highest BCUT2D eigenvalue weighted by Crippen LogP contribution is 2.16. The maximum Gasteiger partial charge on any atom is 0.162 e. The van der Waals surface area contributed by atoms with Gasteiger partial charge in [0, 0.05) is 24.8 Å². The Morgan fingerprint density at radius 3 is 1.39 bits per heavy atom. The van der Waals surface area contributed by atoms with Gasteiger partial charge in [0.2, 0.25) is 0 Å². The summed E-state index contributed by atoms with van der Waals surface area (Å²) in [5.41, 5.74) is 3.24. The van der Waals surface area contributed by atoms with Gasteiger partial charge in [-0.25, -0.2) is 0 Å². The summed E-state index contributed by atoms with van der Waals surface area (Å²) < 4.78 is 0. The molecule has 0 N–H and O–H groups in total. The number of aryl methyl sites for hydroxylation is 2. The van der Waals surface area contributed by atoms with Gasteiger partial charge in [-0.1, -0.05) is 101 Å². The fraction of sp³-hybridized carbons (Fsp3) is 0.724. The Balaban J connectivity index is 1.84. The summed E-state index contributed by atoms with van der Waals surface area (Å²) in [6.45, 7) is 6.26. The van der Waals surface area contributed by atoms with E-state index in [1.165, 1.54) is 81.8 Å². The van der Waals surface area contributed by atoms with E-state index < -0.39 is 0 Å². The third-order valence-electron chi connectivity index (χ3n) is 6.21. The lowest BCUT2D eigenvalue weighted by Gasteiger charge is -2.05. The van der Waals surface area contributed by atoms with E-state index in [0.717, 1.165) is 44.1 Å². The van der Waals surface area contributed by atoms with Gasteiger partial charge in [0.15, 0.2) is 5.78 Å². The van der Waals surface area contributed by atoms with Crippen molar-refractivity contribution in [1.29, 1.82) is 0 Å². The molecule has 0 aliphatic carbocycles. The lowest BCUT2D eigenvalue weighted by atomic mass is 9.99. The summed E-state index contributed by atoms with van der Waals surface area (Å²) in [5.74, 6) is 0.768. The van der Waals surface area contributed by atoms with Crippen LogP contribution in [0.2, 0.25) is 0 Å². The van der Waals surface area contributed by atoms with Crippen molar-refractivity contribution in [2.24, 2.45) is 0 Å². The number of hydrogen-bond donors (Lipinski definition) is 0. The molecule has 0 amide bonds. The van der Waals surface area contributed by atoms with E-state index in [0.29, 0.717) is 18.0 Å². The van der Waals surface area contributed by atoms with Crippen molar-refractivity contribution in [2.75, 3.05) is 0 Å². The fourth-order valence-corrected chi connectivity index (χ4v) is 4.33. The van der Waals surface area contributed by atoms with Crippen LogP contribution in [0.25, 0.3) is 0 Å². The van der Waals surface area contributed by atoms with Crippen LogP contribution in [0.15, 0.2) is 18.2 Å². The van der Waals surface area contributed by atoms with Crippen LogP contribution in [-0.4, -0.2) is 11.6 Å². The van der Waals surface area contributed by atoms with E-state index in [4.69, 9.17) is 0 Å². The third-order valence-corrected chi connectivity index (χ3v) is 6.21. The number of carbonyl (C=O) groups is 2. The molecule has 2 nitrogen and oxygen atoms in total. The predicted octanol–water partition coefficient (Wildman–Crippen LogP) is 9.10. The third kappa shape index (κ3) is 15.1. The van der Waals surface area contributed by atoms with Gasteiger partial charge in [0.25, 0.3) is 0 Å². The molecule has 1 rings (SSSR count). The Hall–Kier alpha value is -1.44. The van der Waals surface area contributed by atoms with Gasteiger partial charge in [-0.05, 0) is 45.2 Å². The van der Waals surface area contributed by atoms with Crippen molar-refractivity contribution in [2.45, 2.75) is 136 Å². The molecule has 0 saturated carbocycles. The average Bonchev–Trinajstić information content (AvgIpc) is 2.74. The van der Waals surface area contributed by atoms with E-state index in [1.54, 1.807) is 0 Å². The topological polar surface area (TPSA) is 34.1 Å². The van der Waals surface area contributed by atoms with Crippen molar-refractivity contribution in [3.63, 3.8) is 0 Å². The zero-order valence-corrected chi connectivity index (χ0v) is 20.8. The molecule has 0 bridgehead atoms. The maximum atomic E-state index is 12.3. The Morgan fingerprint density at radius 2 is 0.935 bits per heavy atom. The molecular weight excluding hydrogens is 380 g/mol. The first-order chi connectivity index (χ1) is 15.0. The SMILES string of the molecule is CCCCC(=O)CCCCCCCCCCCCCCCC(=O)c1cc(C)cc(C)c1. The van der Waals surface area contributed by atoms with Crippen LogP contribution in [0, 0.1) is 13.8 Å². The summed E-state index contributed by atoms with van der Waals surface area (Å²) in [5, 5.41) is 0. The molecule has 0 aliphatic heterocycles. The maximum absolute atomic E-state index is 12.3. The van der Waals surface area contributed by atoms with E-state index in [-0.39, 0.29) is 0 Å². The molecule has 31 heavy (non-hydrogen) atoms. The predicted molar refractivity (Wildman–Crippen MR) is 134 cm³/mol. The molecule has 1 aromatic carbocycles. The summed E-state index contributed by atoms with van der Waals surface area (Å²) in [7, 11) is 0. The minimum Gasteiger partial charge on any atom is -0.300 e. The van der Waals surface area contributed by atoms with E-state index in [1.807, 2.05) is 12.1 Å². The zero-order valence-electron chi connectivity index (χ0n) is 20.8. The largest absolute Gasteiger partial charge is 0.300 e. The Morgan fingerprint density at radius 1 is 0.548 bits per heavy atom. The molecule has 0 aliphatic rings. The number of benzene rings is 1. The number of carbonyl (C=O) groups excluding carboxylic acids is 2. The van der Waals surface area contributed by atoms with Crippen molar-refractivity contribution in [3.8, 4) is 0 Å². The lowest BCUT2D eigenvalue weighted by molar-refractivity contribution is -0.119. The second-order valence-corrected chi connectivity index (χ2v) is 9.54. The summed E-state index contributed by atoms with van der Waals surface area (Å²) in [6, 6.07) is 6.16. The second kappa shape index (κ2) is 18.2. The molecule has 0 saturated heterocycles. The molecular formula is C29H48O2. The molecule has 0 spiro atoms. The quantitative estimate of drug-likeness (QED) is 0.153. The first-order valence-electron chi connectivity index (χ1n) is 13.2. The van der Waals surface area contributed by atoms with Gasteiger partial charge in [0.05, 0.1) is 0 Å². The summed E-state index contributed by atoms with van der Waals surface area (Å²) in [4.78, 5) is 23.9. The normalized spacial score (nSPS) is 11.1. The number of ketones is 2. The highest BCUT2D eigenvalue weighted by molar-refractivity contribution is 5.96. The minimum atomic E-state index is 0.301. The van der Waals surface area contributed by atoms with Gasteiger partial charge < -0.3 is 0 Å². The van der Waals surface area contributed by atoms with Crippen LogP contribution in [0.1, 0.15) is 144 Å².